The van der Waals surface area contributed by atoms with Crippen molar-refractivity contribution in [2.24, 2.45) is 0 Å². The second kappa shape index (κ2) is 7.37. The molecule has 0 N–H and O–H groups in total. The minimum atomic E-state index is -0.352. The van der Waals surface area contributed by atoms with E-state index in [9.17, 15) is 4.79 Å². The van der Waals surface area contributed by atoms with Crippen molar-refractivity contribution in [3.8, 4) is 11.5 Å². The smallest absolute Gasteiger partial charge is 0.337 e. The lowest BCUT2D eigenvalue weighted by Crippen LogP contribution is -2.14. The lowest BCUT2D eigenvalue weighted by atomic mass is 10.2. The summed E-state index contributed by atoms with van der Waals surface area (Å²) in [4.78, 5) is 11.5. The molecule has 4 heteroatoms. The molecule has 0 aliphatic heterocycles. The number of esters is 1. The summed E-state index contributed by atoms with van der Waals surface area (Å²) in [6.45, 7) is 4.06. The maximum absolute atomic E-state index is 11.5. The molecule has 4 nitrogen and oxygen atoms in total. The quantitative estimate of drug-likeness (QED) is 0.575. The Bertz CT molecular complexity index is 424. The molecule has 0 bridgehead atoms. The highest BCUT2D eigenvalue weighted by molar-refractivity contribution is 5.88. The van der Waals surface area contributed by atoms with E-state index < -0.39 is 0 Å². The third-order valence-corrected chi connectivity index (χ3v) is 2.34. The van der Waals surface area contributed by atoms with Gasteiger partial charge in [-0.25, -0.2) is 4.79 Å². The summed E-state index contributed by atoms with van der Waals surface area (Å²) in [5.41, 5.74) is 0.489. The monoisotopic (exact) mass is 250 g/mol. The molecule has 0 atom stereocenters. The first-order valence-electron chi connectivity index (χ1n) is 5.81. The van der Waals surface area contributed by atoms with Crippen molar-refractivity contribution in [3.63, 3.8) is 0 Å². The minimum Gasteiger partial charge on any atom is -0.493 e. The number of hydrogen-bond acceptors (Lipinski definition) is 4. The van der Waals surface area contributed by atoms with Crippen LogP contribution in [-0.4, -0.2) is 26.3 Å². The predicted molar refractivity (Wildman–Crippen MR) is 68.9 cm³/mol. The van der Waals surface area contributed by atoms with Crippen molar-refractivity contribution in [1.82, 2.24) is 0 Å². The van der Waals surface area contributed by atoms with E-state index in [1.165, 1.54) is 0 Å². The van der Waals surface area contributed by atoms with Gasteiger partial charge in [0.2, 0.25) is 0 Å². The van der Waals surface area contributed by atoms with E-state index in [2.05, 4.69) is 0 Å². The van der Waals surface area contributed by atoms with E-state index in [4.69, 9.17) is 14.2 Å². The number of rotatable bonds is 6. The van der Waals surface area contributed by atoms with E-state index in [-0.39, 0.29) is 12.6 Å². The van der Waals surface area contributed by atoms with Crippen LogP contribution in [0.25, 0.3) is 0 Å². The van der Waals surface area contributed by atoms with Crippen molar-refractivity contribution in [2.45, 2.75) is 13.8 Å². The Kier molecular flexibility index (Phi) is 5.77. The molecule has 0 fully saturated rings. The Balaban J connectivity index is 2.66. The molecule has 98 valence electrons. The molecule has 0 saturated carbocycles. The molecule has 18 heavy (non-hydrogen) atoms. The third kappa shape index (κ3) is 3.80. The summed E-state index contributed by atoms with van der Waals surface area (Å²) in [6, 6.07) is 7.29. The average molecular weight is 250 g/mol. The van der Waals surface area contributed by atoms with Crippen LogP contribution in [-0.2, 0) is 9.53 Å². The zero-order chi connectivity index (χ0) is 13.4. The van der Waals surface area contributed by atoms with Gasteiger partial charge in [0.25, 0.3) is 0 Å². The maximum Gasteiger partial charge on any atom is 0.337 e. The Morgan fingerprint density at radius 1 is 1.28 bits per heavy atom. The molecule has 1 rings (SSSR count). The third-order valence-electron chi connectivity index (χ3n) is 2.34. The normalized spacial score (nSPS) is 10.9. The van der Waals surface area contributed by atoms with Crippen LogP contribution in [0.5, 0.6) is 11.5 Å². The number of allylic oxidation sites excluding steroid dienone is 1. The van der Waals surface area contributed by atoms with Crippen LogP contribution in [0.2, 0.25) is 0 Å². The van der Waals surface area contributed by atoms with E-state index >= 15 is 0 Å². The number of para-hydroxylation sites is 2. The van der Waals surface area contributed by atoms with E-state index in [0.29, 0.717) is 23.7 Å². The zero-order valence-corrected chi connectivity index (χ0v) is 10.9. The van der Waals surface area contributed by atoms with Crippen LogP contribution < -0.4 is 9.47 Å². The molecule has 0 spiro atoms. The summed E-state index contributed by atoms with van der Waals surface area (Å²) in [6.07, 6.45) is 1.69. The van der Waals surface area contributed by atoms with Crippen molar-refractivity contribution in [3.05, 3.63) is 35.9 Å². The first kappa shape index (κ1) is 14.1. The van der Waals surface area contributed by atoms with Crippen LogP contribution in [0.3, 0.4) is 0 Å². The van der Waals surface area contributed by atoms with Crippen LogP contribution in [0.1, 0.15) is 13.8 Å². The molecule has 0 amide bonds. The van der Waals surface area contributed by atoms with Gasteiger partial charge in [-0.3, -0.25) is 0 Å². The van der Waals surface area contributed by atoms with Gasteiger partial charge in [0, 0.05) is 0 Å². The first-order chi connectivity index (χ1) is 8.72. The number of benzene rings is 1. The molecule has 1 aromatic carbocycles. The maximum atomic E-state index is 11.5. The van der Waals surface area contributed by atoms with Crippen molar-refractivity contribution >= 4 is 5.97 Å². The second-order valence-electron chi connectivity index (χ2n) is 3.47. The van der Waals surface area contributed by atoms with Gasteiger partial charge in [0.1, 0.15) is 6.61 Å². The number of ether oxygens (including phenoxy) is 3. The van der Waals surface area contributed by atoms with E-state index in [0.717, 1.165) is 0 Å². The summed E-state index contributed by atoms with van der Waals surface area (Å²) in [5, 5.41) is 0. The predicted octanol–water partition coefficient (Wildman–Crippen LogP) is 2.58. The van der Waals surface area contributed by atoms with Crippen molar-refractivity contribution in [1.29, 1.82) is 0 Å². The summed E-state index contributed by atoms with van der Waals surface area (Å²) >= 11 is 0. The van der Waals surface area contributed by atoms with Gasteiger partial charge in [0.15, 0.2) is 11.5 Å². The van der Waals surface area contributed by atoms with Gasteiger partial charge in [-0.15, -0.1) is 0 Å². The Labute approximate surface area is 107 Å². The molecule has 0 heterocycles. The largest absolute Gasteiger partial charge is 0.493 e. The highest BCUT2D eigenvalue weighted by Crippen LogP contribution is 2.26. The molecule has 0 saturated heterocycles. The van der Waals surface area contributed by atoms with E-state index in [1.54, 1.807) is 39.2 Å². The van der Waals surface area contributed by atoms with Gasteiger partial charge in [-0.2, -0.15) is 0 Å². The molecular weight excluding hydrogens is 232 g/mol. The Hall–Kier alpha value is -1.97. The SMILES string of the molecule is C/C=C(\COc1ccccc1OC)C(=O)OCC. The van der Waals surface area contributed by atoms with Crippen LogP contribution in [0.4, 0.5) is 0 Å². The highest BCUT2D eigenvalue weighted by atomic mass is 16.5. The summed E-state index contributed by atoms with van der Waals surface area (Å²) in [7, 11) is 1.57. The number of carbonyl (C=O) groups excluding carboxylic acids is 1. The molecule has 0 unspecified atom stereocenters. The van der Waals surface area contributed by atoms with Gasteiger partial charge in [-0.05, 0) is 26.0 Å². The van der Waals surface area contributed by atoms with Crippen molar-refractivity contribution < 1.29 is 19.0 Å². The van der Waals surface area contributed by atoms with Gasteiger partial charge >= 0.3 is 5.97 Å². The molecule has 0 aliphatic carbocycles. The van der Waals surface area contributed by atoms with Gasteiger partial charge in [0.05, 0.1) is 19.3 Å². The molecule has 1 aromatic rings. The fourth-order valence-electron chi connectivity index (χ4n) is 1.38. The van der Waals surface area contributed by atoms with Gasteiger partial charge in [-0.1, -0.05) is 18.2 Å². The molecular formula is C14H18O4. The standard InChI is InChI=1S/C14H18O4/c1-4-11(14(15)17-5-2)10-18-13-9-7-6-8-12(13)16-3/h4,6-9H,5,10H2,1-3H3/b11-4+. The Morgan fingerprint density at radius 2 is 1.94 bits per heavy atom. The lowest BCUT2D eigenvalue weighted by Gasteiger charge is -2.11. The summed E-state index contributed by atoms with van der Waals surface area (Å²) < 4.78 is 15.6. The lowest BCUT2D eigenvalue weighted by molar-refractivity contribution is -0.138. The highest BCUT2D eigenvalue weighted by Gasteiger charge is 2.11. The minimum absolute atomic E-state index is 0.162. The van der Waals surface area contributed by atoms with Crippen LogP contribution >= 0.6 is 0 Å². The molecule has 0 aromatic heterocycles. The number of hydrogen-bond donors (Lipinski definition) is 0. The van der Waals surface area contributed by atoms with E-state index in [1.807, 2.05) is 12.1 Å². The topological polar surface area (TPSA) is 44.8 Å². The number of methoxy groups -OCH3 is 1. The molecule has 0 radical (unpaired) electrons. The summed E-state index contributed by atoms with van der Waals surface area (Å²) in [5.74, 6) is 0.885. The van der Waals surface area contributed by atoms with Crippen LogP contribution in [0.15, 0.2) is 35.9 Å². The van der Waals surface area contributed by atoms with Crippen LogP contribution in [0, 0.1) is 0 Å². The molecule has 0 aliphatic rings. The van der Waals surface area contributed by atoms with Crippen molar-refractivity contribution in [2.75, 3.05) is 20.3 Å². The first-order valence-corrected chi connectivity index (χ1v) is 5.81. The average Bonchev–Trinajstić information content (AvgIpc) is 2.40. The van der Waals surface area contributed by atoms with Gasteiger partial charge < -0.3 is 14.2 Å². The zero-order valence-electron chi connectivity index (χ0n) is 10.9. The number of carbonyl (C=O) groups is 1. The fourth-order valence-corrected chi connectivity index (χ4v) is 1.38. The fraction of sp³-hybridized carbons (Fsp3) is 0.357. The Morgan fingerprint density at radius 3 is 2.50 bits per heavy atom. The second-order valence-corrected chi connectivity index (χ2v) is 3.47.